The van der Waals surface area contributed by atoms with Crippen LogP contribution in [0.3, 0.4) is 0 Å². The molecule has 7 heteroatoms. The average molecular weight is 431 g/mol. The lowest BCUT2D eigenvalue weighted by Gasteiger charge is -2.12. The number of benzene rings is 2. The number of thioether (sulfide) groups is 1. The summed E-state index contributed by atoms with van der Waals surface area (Å²) >= 11 is 1.23. The van der Waals surface area contributed by atoms with Gasteiger partial charge < -0.3 is 5.32 Å². The Bertz CT molecular complexity index is 1230. The monoisotopic (exact) mass is 430 g/mol. The predicted molar refractivity (Wildman–Crippen MR) is 124 cm³/mol. The highest BCUT2D eigenvalue weighted by atomic mass is 32.2. The second-order valence-electron chi connectivity index (χ2n) is 6.97. The second kappa shape index (κ2) is 10.0. The van der Waals surface area contributed by atoms with Gasteiger partial charge in [0.2, 0.25) is 5.91 Å². The van der Waals surface area contributed by atoms with E-state index in [9.17, 15) is 9.59 Å². The van der Waals surface area contributed by atoms with E-state index in [0.717, 1.165) is 12.8 Å². The molecule has 1 N–H and O–H groups in total. The number of carbonyl (C=O) groups is 1. The van der Waals surface area contributed by atoms with Crippen molar-refractivity contribution in [3.8, 4) is 5.69 Å². The van der Waals surface area contributed by atoms with E-state index >= 15 is 0 Å². The van der Waals surface area contributed by atoms with E-state index in [4.69, 9.17) is 0 Å². The summed E-state index contributed by atoms with van der Waals surface area (Å²) in [5.41, 5.74) is 2.14. The Labute approximate surface area is 184 Å². The van der Waals surface area contributed by atoms with Crippen LogP contribution in [0.15, 0.2) is 88.9 Å². The molecule has 0 atom stereocenters. The molecule has 31 heavy (non-hydrogen) atoms. The Hall–Kier alpha value is -3.45. The third-order valence-electron chi connectivity index (χ3n) is 4.77. The van der Waals surface area contributed by atoms with Crippen LogP contribution in [0.5, 0.6) is 0 Å². The molecule has 0 aliphatic heterocycles. The SMILES string of the molecule is O=C(CSc1nc2ncccc2c(=O)n1-c1ccccc1)NCCCc1ccccc1. The maximum Gasteiger partial charge on any atom is 0.268 e. The van der Waals surface area contributed by atoms with Crippen LogP contribution >= 0.6 is 11.8 Å². The van der Waals surface area contributed by atoms with Gasteiger partial charge in [-0.05, 0) is 42.7 Å². The van der Waals surface area contributed by atoms with Gasteiger partial charge in [0.05, 0.1) is 16.8 Å². The molecule has 0 bridgehead atoms. The Kier molecular flexibility index (Phi) is 6.74. The zero-order valence-corrected chi connectivity index (χ0v) is 17.7. The minimum atomic E-state index is -0.199. The number of hydrogen-bond donors (Lipinski definition) is 1. The number of aryl methyl sites for hydroxylation is 1. The molecule has 2 heterocycles. The molecule has 2 aromatic heterocycles. The van der Waals surface area contributed by atoms with Crippen LogP contribution < -0.4 is 10.9 Å². The van der Waals surface area contributed by atoms with Gasteiger partial charge in [-0.2, -0.15) is 0 Å². The molecular weight excluding hydrogens is 408 g/mol. The minimum absolute atomic E-state index is 0.0898. The van der Waals surface area contributed by atoms with Crippen molar-refractivity contribution in [3.63, 3.8) is 0 Å². The Morgan fingerprint density at radius 1 is 0.968 bits per heavy atom. The lowest BCUT2D eigenvalue weighted by molar-refractivity contribution is -0.118. The zero-order valence-electron chi connectivity index (χ0n) is 16.9. The Morgan fingerprint density at radius 3 is 2.48 bits per heavy atom. The number of hydrogen-bond acceptors (Lipinski definition) is 5. The average Bonchev–Trinajstić information content (AvgIpc) is 2.82. The van der Waals surface area contributed by atoms with Crippen LogP contribution in [0.2, 0.25) is 0 Å². The summed E-state index contributed by atoms with van der Waals surface area (Å²) in [6.45, 7) is 0.604. The number of nitrogens with zero attached hydrogens (tertiary/aromatic N) is 3. The number of para-hydroxylation sites is 1. The van der Waals surface area contributed by atoms with Crippen molar-refractivity contribution in [2.24, 2.45) is 0 Å². The fraction of sp³-hybridized carbons (Fsp3) is 0.167. The maximum absolute atomic E-state index is 13.1. The van der Waals surface area contributed by atoms with E-state index < -0.39 is 0 Å². The number of amides is 1. The van der Waals surface area contributed by atoms with Crippen molar-refractivity contribution < 1.29 is 4.79 Å². The van der Waals surface area contributed by atoms with E-state index in [1.165, 1.54) is 21.9 Å². The fourth-order valence-corrected chi connectivity index (χ4v) is 4.08. The standard InChI is InChI=1S/C24H22N4O2S/c29-21(25-15-7-11-18-9-3-1-4-10-18)17-31-24-27-22-20(14-8-16-26-22)23(30)28(24)19-12-5-2-6-13-19/h1-6,8-10,12-14,16H,7,11,15,17H2,(H,25,29). The molecule has 0 aliphatic rings. The second-order valence-corrected chi connectivity index (χ2v) is 7.92. The van der Waals surface area contributed by atoms with Gasteiger partial charge in [0.1, 0.15) is 0 Å². The summed E-state index contributed by atoms with van der Waals surface area (Å²) in [4.78, 5) is 34.2. The van der Waals surface area contributed by atoms with E-state index in [-0.39, 0.29) is 17.2 Å². The van der Waals surface area contributed by atoms with Crippen molar-refractivity contribution in [2.75, 3.05) is 12.3 Å². The summed E-state index contributed by atoms with van der Waals surface area (Å²) in [6.07, 6.45) is 3.39. The van der Waals surface area contributed by atoms with Gasteiger partial charge in [0, 0.05) is 12.7 Å². The molecular formula is C24H22N4O2S. The number of carbonyl (C=O) groups excluding carboxylic acids is 1. The van der Waals surface area contributed by atoms with Crippen LogP contribution in [0, 0.1) is 0 Å². The summed E-state index contributed by atoms with van der Waals surface area (Å²) < 4.78 is 1.54. The van der Waals surface area contributed by atoms with E-state index in [1.807, 2.05) is 48.5 Å². The van der Waals surface area contributed by atoms with Crippen molar-refractivity contribution >= 4 is 28.7 Å². The number of aromatic nitrogens is 3. The van der Waals surface area contributed by atoms with Crippen molar-refractivity contribution in [1.82, 2.24) is 19.9 Å². The van der Waals surface area contributed by atoms with Crippen LogP contribution in [0.4, 0.5) is 0 Å². The van der Waals surface area contributed by atoms with Crippen LogP contribution in [-0.4, -0.2) is 32.7 Å². The molecule has 6 nitrogen and oxygen atoms in total. The first kappa shape index (κ1) is 20.8. The summed E-state index contributed by atoms with van der Waals surface area (Å²) in [6, 6.07) is 22.9. The topological polar surface area (TPSA) is 76.9 Å². The molecule has 4 rings (SSSR count). The third-order valence-corrected chi connectivity index (χ3v) is 5.71. The first-order chi connectivity index (χ1) is 15.2. The van der Waals surface area contributed by atoms with Crippen LogP contribution in [0.1, 0.15) is 12.0 Å². The van der Waals surface area contributed by atoms with Gasteiger partial charge in [0.25, 0.3) is 5.56 Å². The Balaban J connectivity index is 1.45. The van der Waals surface area contributed by atoms with Gasteiger partial charge >= 0.3 is 0 Å². The normalized spacial score (nSPS) is 10.8. The zero-order chi connectivity index (χ0) is 21.5. The highest BCUT2D eigenvalue weighted by molar-refractivity contribution is 7.99. The van der Waals surface area contributed by atoms with E-state index in [0.29, 0.717) is 28.4 Å². The summed E-state index contributed by atoms with van der Waals surface area (Å²) in [5, 5.41) is 3.84. The van der Waals surface area contributed by atoms with Gasteiger partial charge in [-0.15, -0.1) is 0 Å². The van der Waals surface area contributed by atoms with Crippen molar-refractivity contribution in [3.05, 3.63) is 94.9 Å². The smallest absolute Gasteiger partial charge is 0.268 e. The molecule has 0 aliphatic carbocycles. The van der Waals surface area contributed by atoms with Crippen molar-refractivity contribution in [1.29, 1.82) is 0 Å². The van der Waals surface area contributed by atoms with Gasteiger partial charge in [-0.1, -0.05) is 60.3 Å². The van der Waals surface area contributed by atoms with Gasteiger partial charge in [0.15, 0.2) is 10.8 Å². The molecule has 4 aromatic rings. The third kappa shape index (κ3) is 5.19. The largest absolute Gasteiger partial charge is 0.355 e. The molecule has 0 radical (unpaired) electrons. The van der Waals surface area contributed by atoms with Gasteiger partial charge in [-0.3, -0.25) is 14.2 Å². The number of rotatable bonds is 8. The first-order valence-corrected chi connectivity index (χ1v) is 11.1. The highest BCUT2D eigenvalue weighted by Crippen LogP contribution is 2.20. The molecule has 0 saturated heterocycles. The summed E-state index contributed by atoms with van der Waals surface area (Å²) in [7, 11) is 0. The quantitative estimate of drug-likeness (QED) is 0.262. The van der Waals surface area contributed by atoms with E-state index in [2.05, 4.69) is 27.4 Å². The highest BCUT2D eigenvalue weighted by Gasteiger charge is 2.15. The molecule has 0 unspecified atom stereocenters. The molecule has 156 valence electrons. The lowest BCUT2D eigenvalue weighted by atomic mass is 10.1. The minimum Gasteiger partial charge on any atom is -0.355 e. The van der Waals surface area contributed by atoms with Crippen LogP contribution in [0.25, 0.3) is 16.7 Å². The first-order valence-electron chi connectivity index (χ1n) is 10.1. The van der Waals surface area contributed by atoms with Crippen LogP contribution in [-0.2, 0) is 11.2 Å². The maximum atomic E-state index is 13.1. The predicted octanol–water partition coefficient (Wildman–Crippen LogP) is 3.62. The molecule has 2 aromatic carbocycles. The van der Waals surface area contributed by atoms with Gasteiger partial charge in [-0.25, -0.2) is 9.97 Å². The fourth-order valence-electron chi connectivity index (χ4n) is 3.25. The van der Waals surface area contributed by atoms with Crippen molar-refractivity contribution in [2.45, 2.75) is 18.0 Å². The molecule has 0 spiro atoms. The molecule has 1 amide bonds. The van der Waals surface area contributed by atoms with E-state index in [1.54, 1.807) is 18.3 Å². The number of pyridine rings is 1. The lowest BCUT2D eigenvalue weighted by Crippen LogP contribution is -2.27. The number of nitrogens with one attached hydrogen (secondary N) is 1. The molecule has 0 fully saturated rings. The molecule has 0 saturated carbocycles. The number of fused-ring (bicyclic) bond motifs is 1. The summed E-state index contributed by atoms with van der Waals surface area (Å²) in [5.74, 6) is 0.0798. The Morgan fingerprint density at radius 2 is 1.71 bits per heavy atom.